The third kappa shape index (κ3) is 3.00. The van der Waals surface area contributed by atoms with Gasteiger partial charge in [-0.25, -0.2) is 4.98 Å². The van der Waals surface area contributed by atoms with Crippen LogP contribution in [0.2, 0.25) is 0 Å². The second-order valence-electron chi connectivity index (χ2n) is 4.41. The smallest absolute Gasteiger partial charge is 0.123 e. The molecule has 0 spiro atoms. The average molecular weight is 292 g/mol. The van der Waals surface area contributed by atoms with Gasteiger partial charge >= 0.3 is 0 Å². The van der Waals surface area contributed by atoms with Crippen LogP contribution in [-0.2, 0) is 11.3 Å². The largest absolute Gasteiger partial charge is 0.369 e. The highest BCUT2D eigenvalue weighted by Gasteiger charge is 2.19. The molecule has 1 aromatic heterocycles. The SMILES string of the molecule is NCc1ccc(-c2csc(C3CSCCO3)n2)cc1. The molecule has 1 saturated heterocycles. The highest BCUT2D eigenvalue weighted by molar-refractivity contribution is 7.99. The monoisotopic (exact) mass is 292 g/mol. The molecule has 2 N–H and O–H groups in total. The second-order valence-corrected chi connectivity index (χ2v) is 6.45. The van der Waals surface area contributed by atoms with Crippen molar-refractivity contribution in [2.45, 2.75) is 12.6 Å². The number of hydrogen-bond donors (Lipinski definition) is 1. The van der Waals surface area contributed by atoms with Crippen molar-refractivity contribution < 1.29 is 4.74 Å². The zero-order valence-electron chi connectivity index (χ0n) is 10.5. The predicted octanol–water partition coefficient (Wildman–Crippen LogP) is 3.07. The number of ether oxygens (including phenoxy) is 1. The van der Waals surface area contributed by atoms with Crippen LogP contribution >= 0.6 is 23.1 Å². The maximum Gasteiger partial charge on any atom is 0.123 e. The summed E-state index contributed by atoms with van der Waals surface area (Å²) >= 11 is 3.62. The molecular formula is C14H16N2OS2. The molecule has 19 heavy (non-hydrogen) atoms. The highest BCUT2D eigenvalue weighted by Crippen LogP contribution is 2.31. The molecule has 0 radical (unpaired) electrons. The van der Waals surface area contributed by atoms with E-state index in [1.54, 1.807) is 11.3 Å². The first-order chi connectivity index (χ1) is 9.36. The summed E-state index contributed by atoms with van der Waals surface area (Å²) in [6.45, 7) is 1.41. The van der Waals surface area contributed by atoms with E-state index in [0.717, 1.165) is 39.9 Å². The summed E-state index contributed by atoms with van der Waals surface area (Å²) in [5.41, 5.74) is 8.92. The van der Waals surface area contributed by atoms with Crippen molar-refractivity contribution in [2.24, 2.45) is 5.73 Å². The minimum Gasteiger partial charge on any atom is -0.369 e. The van der Waals surface area contributed by atoms with Gasteiger partial charge in [-0.05, 0) is 5.56 Å². The summed E-state index contributed by atoms with van der Waals surface area (Å²) in [4.78, 5) is 4.71. The van der Waals surface area contributed by atoms with Crippen LogP contribution in [0.25, 0.3) is 11.3 Å². The number of thiazole rings is 1. The molecule has 1 aliphatic rings. The minimum atomic E-state index is 0.167. The van der Waals surface area contributed by atoms with Crippen molar-refractivity contribution in [2.75, 3.05) is 18.1 Å². The van der Waals surface area contributed by atoms with Crippen LogP contribution in [0.1, 0.15) is 16.7 Å². The number of rotatable bonds is 3. The van der Waals surface area contributed by atoms with Gasteiger partial charge in [0, 0.05) is 29.0 Å². The van der Waals surface area contributed by atoms with Crippen LogP contribution in [0.15, 0.2) is 29.6 Å². The van der Waals surface area contributed by atoms with Gasteiger partial charge < -0.3 is 10.5 Å². The summed E-state index contributed by atoms with van der Waals surface area (Å²) < 4.78 is 5.76. The van der Waals surface area contributed by atoms with Crippen molar-refractivity contribution in [1.82, 2.24) is 4.98 Å². The van der Waals surface area contributed by atoms with Gasteiger partial charge in [0.25, 0.3) is 0 Å². The molecule has 1 unspecified atom stereocenters. The lowest BCUT2D eigenvalue weighted by Gasteiger charge is -2.19. The van der Waals surface area contributed by atoms with Crippen LogP contribution in [0, 0.1) is 0 Å². The van der Waals surface area contributed by atoms with E-state index >= 15 is 0 Å². The van der Waals surface area contributed by atoms with Crippen molar-refractivity contribution in [3.05, 3.63) is 40.2 Å². The Hall–Kier alpha value is -0.880. The Kier molecular flexibility index (Phi) is 4.18. The maximum atomic E-state index is 5.76. The lowest BCUT2D eigenvalue weighted by molar-refractivity contribution is 0.0756. The molecule has 100 valence electrons. The zero-order valence-corrected chi connectivity index (χ0v) is 12.2. The Bertz CT molecular complexity index is 533. The summed E-state index contributed by atoms with van der Waals surface area (Å²) in [5, 5.41) is 3.19. The van der Waals surface area contributed by atoms with E-state index in [1.165, 1.54) is 0 Å². The normalized spacial score (nSPS) is 19.5. The van der Waals surface area contributed by atoms with Crippen LogP contribution in [-0.4, -0.2) is 23.1 Å². The molecular weight excluding hydrogens is 276 g/mol. The van der Waals surface area contributed by atoms with Crippen molar-refractivity contribution in [3.8, 4) is 11.3 Å². The first-order valence-electron chi connectivity index (χ1n) is 6.31. The number of thioether (sulfide) groups is 1. The summed E-state index contributed by atoms with van der Waals surface area (Å²) in [5.74, 6) is 2.11. The number of nitrogens with zero attached hydrogens (tertiary/aromatic N) is 1. The first-order valence-corrected chi connectivity index (χ1v) is 8.34. The highest BCUT2D eigenvalue weighted by atomic mass is 32.2. The summed E-state index contributed by atoms with van der Waals surface area (Å²) in [6, 6.07) is 8.28. The number of aromatic nitrogens is 1. The quantitative estimate of drug-likeness (QED) is 0.944. The van der Waals surface area contributed by atoms with E-state index in [4.69, 9.17) is 15.5 Å². The Labute approximate surface area is 121 Å². The lowest BCUT2D eigenvalue weighted by Crippen LogP contribution is -2.15. The minimum absolute atomic E-state index is 0.167. The standard InChI is InChI=1S/C14H16N2OS2/c15-7-10-1-3-11(4-2-10)12-8-19-14(16-12)13-9-18-6-5-17-13/h1-4,8,13H,5-7,9,15H2. The lowest BCUT2D eigenvalue weighted by atomic mass is 10.1. The van der Waals surface area contributed by atoms with Crippen molar-refractivity contribution in [3.63, 3.8) is 0 Å². The van der Waals surface area contributed by atoms with Crippen LogP contribution < -0.4 is 5.73 Å². The van der Waals surface area contributed by atoms with E-state index in [2.05, 4.69) is 29.6 Å². The second kappa shape index (κ2) is 6.05. The van der Waals surface area contributed by atoms with Gasteiger partial charge in [-0.15, -0.1) is 11.3 Å². The Morgan fingerprint density at radius 2 is 2.16 bits per heavy atom. The van der Waals surface area contributed by atoms with E-state index in [-0.39, 0.29) is 6.10 Å². The van der Waals surface area contributed by atoms with Gasteiger partial charge in [-0.2, -0.15) is 11.8 Å². The Morgan fingerprint density at radius 3 is 2.84 bits per heavy atom. The third-order valence-corrected chi connectivity index (χ3v) is 5.03. The molecule has 0 saturated carbocycles. The Balaban J connectivity index is 1.79. The van der Waals surface area contributed by atoms with Crippen LogP contribution in [0.3, 0.4) is 0 Å². The summed E-state index contributed by atoms with van der Waals surface area (Å²) in [7, 11) is 0. The van der Waals surface area contributed by atoms with E-state index in [0.29, 0.717) is 6.54 Å². The fourth-order valence-electron chi connectivity index (χ4n) is 2.01. The van der Waals surface area contributed by atoms with Crippen molar-refractivity contribution >= 4 is 23.1 Å². The molecule has 0 amide bonds. The maximum absolute atomic E-state index is 5.76. The molecule has 0 bridgehead atoms. The number of benzene rings is 1. The van der Waals surface area contributed by atoms with E-state index < -0.39 is 0 Å². The van der Waals surface area contributed by atoms with Gasteiger partial charge in [-0.1, -0.05) is 24.3 Å². The molecule has 2 aromatic rings. The predicted molar refractivity (Wildman–Crippen MR) is 81.5 cm³/mol. The molecule has 1 fully saturated rings. The fourth-order valence-corrected chi connectivity index (χ4v) is 3.84. The molecule has 1 aromatic carbocycles. The van der Waals surface area contributed by atoms with E-state index in [1.807, 2.05) is 11.8 Å². The fraction of sp³-hybridized carbons (Fsp3) is 0.357. The molecule has 0 aliphatic carbocycles. The van der Waals surface area contributed by atoms with Gasteiger partial charge in [-0.3, -0.25) is 0 Å². The number of nitrogens with two attached hydrogens (primary N) is 1. The van der Waals surface area contributed by atoms with Gasteiger partial charge in [0.15, 0.2) is 0 Å². The topological polar surface area (TPSA) is 48.1 Å². The summed E-state index contributed by atoms with van der Waals surface area (Å²) in [6.07, 6.45) is 0.167. The molecule has 5 heteroatoms. The average Bonchev–Trinajstić information content (AvgIpc) is 2.98. The molecule has 1 aliphatic heterocycles. The van der Waals surface area contributed by atoms with Gasteiger partial charge in [0.2, 0.25) is 0 Å². The molecule has 1 atom stereocenters. The van der Waals surface area contributed by atoms with Crippen LogP contribution in [0.5, 0.6) is 0 Å². The van der Waals surface area contributed by atoms with Crippen molar-refractivity contribution in [1.29, 1.82) is 0 Å². The first kappa shape index (κ1) is 13.1. The molecule has 2 heterocycles. The van der Waals surface area contributed by atoms with Crippen LogP contribution in [0.4, 0.5) is 0 Å². The number of hydrogen-bond acceptors (Lipinski definition) is 5. The van der Waals surface area contributed by atoms with E-state index in [9.17, 15) is 0 Å². The zero-order chi connectivity index (χ0) is 13.1. The van der Waals surface area contributed by atoms with Gasteiger partial charge in [0.1, 0.15) is 11.1 Å². The molecule has 3 rings (SSSR count). The third-order valence-electron chi connectivity index (χ3n) is 3.10. The van der Waals surface area contributed by atoms with Gasteiger partial charge in [0.05, 0.1) is 12.3 Å². The Morgan fingerprint density at radius 1 is 1.32 bits per heavy atom. The molecule has 3 nitrogen and oxygen atoms in total.